The van der Waals surface area contributed by atoms with Crippen molar-refractivity contribution in [1.29, 1.82) is 0 Å². The summed E-state index contributed by atoms with van der Waals surface area (Å²) in [5, 5.41) is 0.118. The van der Waals surface area contributed by atoms with Gasteiger partial charge in [0.05, 0.1) is 23.6 Å². The molecular formula is C14H16ClFN2O. The molecule has 5 heteroatoms. The number of halogens is 2. The number of furan rings is 1. The summed E-state index contributed by atoms with van der Waals surface area (Å²) >= 11 is 5.81. The van der Waals surface area contributed by atoms with Crippen molar-refractivity contribution in [2.75, 3.05) is 13.6 Å². The lowest BCUT2D eigenvalue weighted by Crippen LogP contribution is -2.30. The lowest BCUT2D eigenvalue weighted by molar-refractivity contribution is 0.236. The van der Waals surface area contributed by atoms with Crippen LogP contribution in [0.3, 0.4) is 0 Å². The van der Waals surface area contributed by atoms with Crippen LogP contribution in [0, 0.1) is 5.82 Å². The van der Waals surface area contributed by atoms with Crippen molar-refractivity contribution in [3.8, 4) is 0 Å². The Morgan fingerprint density at radius 3 is 2.84 bits per heavy atom. The second-order valence-corrected chi connectivity index (χ2v) is 4.85. The highest BCUT2D eigenvalue weighted by Crippen LogP contribution is 2.27. The SMILES string of the molecule is CN(Cc1ccoc1)C(CN)c1cccc(Cl)c1F. The number of hydrogen-bond acceptors (Lipinski definition) is 3. The maximum Gasteiger partial charge on any atom is 0.146 e. The Bertz CT molecular complexity index is 530. The molecule has 0 saturated heterocycles. The van der Waals surface area contributed by atoms with Gasteiger partial charge < -0.3 is 10.2 Å². The fraction of sp³-hybridized carbons (Fsp3) is 0.286. The molecule has 1 unspecified atom stereocenters. The molecular weight excluding hydrogens is 267 g/mol. The Labute approximate surface area is 116 Å². The molecule has 0 radical (unpaired) electrons. The third-order valence-electron chi connectivity index (χ3n) is 3.11. The Kier molecular flexibility index (Phi) is 4.58. The summed E-state index contributed by atoms with van der Waals surface area (Å²) in [6.07, 6.45) is 3.28. The topological polar surface area (TPSA) is 42.4 Å². The van der Waals surface area contributed by atoms with Gasteiger partial charge in [0.2, 0.25) is 0 Å². The molecule has 1 aromatic carbocycles. The predicted molar refractivity (Wildman–Crippen MR) is 73.4 cm³/mol. The summed E-state index contributed by atoms with van der Waals surface area (Å²) in [5.41, 5.74) is 7.31. The fourth-order valence-corrected chi connectivity index (χ4v) is 2.28. The van der Waals surface area contributed by atoms with E-state index in [9.17, 15) is 4.39 Å². The van der Waals surface area contributed by atoms with Crippen LogP contribution in [0.2, 0.25) is 5.02 Å². The Balaban J connectivity index is 2.21. The zero-order chi connectivity index (χ0) is 13.8. The highest BCUT2D eigenvalue weighted by Gasteiger charge is 2.20. The van der Waals surface area contributed by atoms with E-state index in [1.165, 1.54) is 6.07 Å². The monoisotopic (exact) mass is 282 g/mol. The first-order valence-corrected chi connectivity index (χ1v) is 6.36. The van der Waals surface area contributed by atoms with Crippen molar-refractivity contribution in [2.24, 2.45) is 5.73 Å². The van der Waals surface area contributed by atoms with E-state index in [4.69, 9.17) is 21.8 Å². The van der Waals surface area contributed by atoms with E-state index in [1.54, 1.807) is 24.7 Å². The van der Waals surface area contributed by atoms with Crippen LogP contribution in [0.5, 0.6) is 0 Å². The average molecular weight is 283 g/mol. The molecule has 2 rings (SSSR count). The molecule has 0 aliphatic carbocycles. The van der Waals surface area contributed by atoms with E-state index in [-0.39, 0.29) is 11.1 Å². The summed E-state index contributed by atoms with van der Waals surface area (Å²) in [5.74, 6) is -0.404. The van der Waals surface area contributed by atoms with E-state index in [0.717, 1.165) is 5.56 Å². The lowest BCUT2D eigenvalue weighted by Gasteiger charge is -2.27. The lowest BCUT2D eigenvalue weighted by atomic mass is 10.0. The number of nitrogens with two attached hydrogens (primary N) is 1. The van der Waals surface area contributed by atoms with Crippen LogP contribution in [0.1, 0.15) is 17.2 Å². The number of likely N-dealkylation sites (N-methyl/N-ethyl adjacent to an activating group) is 1. The summed E-state index contributed by atoms with van der Waals surface area (Å²) in [7, 11) is 1.89. The minimum atomic E-state index is -0.404. The Morgan fingerprint density at radius 2 is 2.21 bits per heavy atom. The minimum absolute atomic E-state index is 0.118. The molecule has 102 valence electrons. The largest absolute Gasteiger partial charge is 0.472 e. The van der Waals surface area contributed by atoms with Crippen LogP contribution in [0.15, 0.2) is 41.2 Å². The molecule has 1 aromatic heterocycles. The van der Waals surface area contributed by atoms with Gasteiger partial charge in [-0.05, 0) is 19.2 Å². The van der Waals surface area contributed by atoms with Crippen LogP contribution in [-0.2, 0) is 6.54 Å². The highest BCUT2D eigenvalue weighted by molar-refractivity contribution is 6.30. The first kappa shape index (κ1) is 14.1. The van der Waals surface area contributed by atoms with Gasteiger partial charge in [-0.2, -0.15) is 0 Å². The van der Waals surface area contributed by atoms with Crippen LogP contribution in [0.25, 0.3) is 0 Å². The van der Waals surface area contributed by atoms with Gasteiger partial charge in [-0.15, -0.1) is 0 Å². The van der Waals surface area contributed by atoms with E-state index in [2.05, 4.69) is 0 Å². The zero-order valence-corrected chi connectivity index (χ0v) is 11.4. The first-order chi connectivity index (χ1) is 9.13. The quantitative estimate of drug-likeness (QED) is 0.916. The number of hydrogen-bond donors (Lipinski definition) is 1. The summed E-state index contributed by atoms with van der Waals surface area (Å²) in [6.45, 7) is 0.940. The molecule has 0 bridgehead atoms. The molecule has 1 atom stereocenters. The molecule has 0 saturated carbocycles. The van der Waals surface area contributed by atoms with Crippen LogP contribution < -0.4 is 5.73 Å². The van der Waals surface area contributed by atoms with Crippen molar-refractivity contribution in [3.05, 3.63) is 58.8 Å². The highest BCUT2D eigenvalue weighted by atomic mass is 35.5. The van der Waals surface area contributed by atoms with Gasteiger partial charge in [-0.1, -0.05) is 23.7 Å². The number of nitrogens with zero attached hydrogens (tertiary/aromatic N) is 1. The molecule has 2 N–H and O–H groups in total. The van der Waals surface area contributed by atoms with E-state index < -0.39 is 5.82 Å². The average Bonchev–Trinajstić information content (AvgIpc) is 2.88. The van der Waals surface area contributed by atoms with Gasteiger partial charge in [-0.3, -0.25) is 4.90 Å². The molecule has 3 nitrogen and oxygen atoms in total. The standard InChI is InChI=1S/C14H16ClFN2O/c1-18(8-10-5-6-19-9-10)13(7-17)11-3-2-4-12(15)14(11)16/h2-6,9,13H,7-8,17H2,1H3. The summed E-state index contributed by atoms with van der Waals surface area (Å²) in [6, 6.07) is 6.62. The molecule has 0 aliphatic rings. The third kappa shape index (κ3) is 3.15. The fourth-order valence-electron chi connectivity index (χ4n) is 2.10. The smallest absolute Gasteiger partial charge is 0.146 e. The van der Waals surface area contributed by atoms with E-state index in [1.807, 2.05) is 18.0 Å². The molecule has 0 amide bonds. The summed E-state index contributed by atoms with van der Waals surface area (Å²) < 4.78 is 19.1. The summed E-state index contributed by atoms with van der Waals surface area (Å²) in [4.78, 5) is 1.97. The van der Waals surface area contributed by atoms with Gasteiger partial charge in [0.15, 0.2) is 0 Å². The Morgan fingerprint density at radius 1 is 1.42 bits per heavy atom. The molecule has 19 heavy (non-hydrogen) atoms. The van der Waals surface area contributed by atoms with Gasteiger partial charge in [0, 0.05) is 24.2 Å². The maximum atomic E-state index is 14.0. The predicted octanol–water partition coefficient (Wildman–Crippen LogP) is 3.20. The minimum Gasteiger partial charge on any atom is -0.472 e. The maximum absolute atomic E-state index is 14.0. The van der Waals surface area contributed by atoms with Crippen molar-refractivity contribution in [2.45, 2.75) is 12.6 Å². The van der Waals surface area contributed by atoms with Crippen LogP contribution >= 0.6 is 11.6 Å². The van der Waals surface area contributed by atoms with Gasteiger partial charge in [0.1, 0.15) is 5.82 Å². The van der Waals surface area contributed by atoms with Crippen molar-refractivity contribution < 1.29 is 8.81 Å². The number of rotatable bonds is 5. The second kappa shape index (κ2) is 6.19. The molecule has 2 aromatic rings. The van der Waals surface area contributed by atoms with Crippen molar-refractivity contribution in [3.63, 3.8) is 0 Å². The number of benzene rings is 1. The normalized spacial score (nSPS) is 12.9. The van der Waals surface area contributed by atoms with Gasteiger partial charge in [0.25, 0.3) is 0 Å². The molecule has 1 heterocycles. The third-order valence-corrected chi connectivity index (χ3v) is 3.40. The van der Waals surface area contributed by atoms with Crippen molar-refractivity contribution in [1.82, 2.24) is 4.90 Å². The molecule has 0 aliphatic heterocycles. The molecule has 0 spiro atoms. The van der Waals surface area contributed by atoms with E-state index >= 15 is 0 Å². The van der Waals surface area contributed by atoms with Crippen molar-refractivity contribution >= 4 is 11.6 Å². The van der Waals surface area contributed by atoms with Gasteiger partial charge in [-0.25, -0.2) is 4.39 Å². The Hall–Kier alpha value is -1.36. The van der Waals surface area contributed by atoms with Gasteiger partial charge >= 0.3 is 0 Å². The van der Waals surface area contributed by atoms with E-state index in [0.29, 0.717) is 18.7 Å². The van der Waals surface area contributed by atoms with Crippen LogP contribution in [0.4, 0.5) is 4.39 Å². The second-order valence-electron chi connectivity index (χ2n) is 4.44. The molecule has 0 fully saturated rings. The first-order valence-electron chi connectivity index (χ1n) is 5.98. The van der Waals surface area contributed by atoms with Crippen LogP contribution in [-0.4, -0.2) is 18.5 Å². The zero-order valence-electron chi connectivity index (χ0n) is 10.6.